The molecular formula is C16H16I2N2O2. The third-order valence-electron chi connectivity index (χ3n) is 3.71. The number of nitrogen functional groups attached to an aromatic ring is 2. The second kappa shape index (κ2) is 6.90. The van der Waals surface area contributed by atoms with Crippen molar-refractivity contribution in [1.29, 1.82) is 0 Å². The van der Waals surface area contributed by atoms with Gasteiger partial charge in [-0.3, -0.25) is 0 Å². The first kappa shape index (κ1) is 16.3. The van der Waals surface area contributed by atoms with Crippen LogP contribution < -0.4 is 11.5 Å². The molecule has 2 aromatic rings. The standard InChI is InChI=1S/2C8H8INO/c9-7-1-5-3-11-4-6(5)2-8(7)10;9-8-6-4-11-3-5(6)1-2-7(8)10/h2*1-2H,3-4,10H2. The molecule has 0 amide bonds. The fraction of sp³-hybridized carbons (Fsp3) is 0.250. The van der Waals surface area contributed by atoms with Crippen LogP contribution in [0.1, 0.15) is 22.3 Å². The molecule has 0 aliphatic carbocycles. The van der Waals surface area contributed by atoms with Crippen molar-refractivity contribution in [3.63, 3.8) is 0 Å². The van der Waals surface area contributed by atoms with Crippen LogP contribution in [0.15, 0.2) is 24.3 Å². The molecule has 0 fully saturated rings. The van der Waals surface area contributed by atoms with Gasteiger partial charge in [0.1, 0.15) is 0 Å². The summed E-state index contributed by atoms with van der Waals surface area (Å²) in [5.41, 5.74) is 18.2. The Kier molecular flexibility index (Phi) is 5.10. The molecule has 0 unspecified atom stereocenters. The van der Waals surface area contributed by atoms with E-state index in [-0.39, 0.29) is 0 Å². The van der Waals surface area contributed by atoms with Crippen LogP contribution in [0.25, 0.3) is 0 Å². The van der Waals surface area contributed by atoms with Gasteiger partial charge in [0.25, 0.3) is 0 Å². The van der Waals surface area contributed by atoms with Crippen LogP contribution in [0.5, 0.6) is 0 Å². The quantitative estimate of drug-likeness (QED) is 0.408. The monoisotopic (exact) mass is 522 g/mol. The number of fused-ring (bicyclic) bond motifs is 2. The zero-order valence-electron chi connectivity index (χ0n) is 11.9. The second-order valence-corrected chi connectivity index (χ2v) is 7.48. The summed E-state index contributed by atoms with van der Waals surface area (Å²) in [4.78, 5) is 0. The van der Waals surface area contributed by atoms with Gasteiger partial charge < -0.3 is 20.9 Å². The van der Waals surface area contributed by atoms with Crippen molar-refractivity contribution < 1.29 is 9.47 Å². The van der Waals surface area contributed by atoms with Crippen LogP contribution in [-0.2, 0) is 35.9 Å². The molecule has 0 spiro atoms. The minimum absolute atomic E-state index is 0.719. The lowest BCUT2D eigenvalue weighted by molar-refractivity contribution is 0.134. The Morgan fingerprint density at radius 3 is 2.18 bits per heavy atom. The first-order valence-corrected chi connectivity index (χ1v) is 9.00. The maximum atomic E-state index is 5.73. The second-order valence-electron chi connectivity index (χ2n) is 5.23. The molecule has 2 aliphatic heterocycles. The lowest BCUT2D eigenvalue weighted by atomic mass is 10.1. The normalized spacial score (nSPS) is 15.0. The van der Waals surface area contributed by atoms with Crippen molar-refractivity contribution in [2.45, 2.75) is 26.4 Å². The van der Waals surface area contributed by atoms with Gasteiger partial charge in [-0.2, -0.15) is 0 Å². The summed E-state index contributed by atoms with van der Waals surface area (Å²) < 4.78 is 12.8. The fourth-order valence-corrected chi connectivity index (χ4v) is 3.67. The molecule has 4 rings (SSSR count). The summed E-state index contributed by atoms with van der Waals surface area (Å²) in [7, 11) is 0. The molecule has 6 heteroatoms. The highest BCUT2D eigenvalue weighted by molar-refractivity contribution is 14.1. The SMILES string of the molecule is Nc1cc2c(cc1I)COC2.Nc1ccc2c(c1I)COC2. The largest absolute Gasteiger partial charge is 0.398 e. The highest BCUT2D eigenvalue weighted by atomic mass is 127. The summed E-state index contributed by atoms with van der Waals surface area (Å²) in [5, 5.41) is 0. The molecule has 0 radical (unpaired) electrons. The molecule has 0 saturated heterocycles. The molecule has 22 heavy (non-hydrogen) atoms. The number of ether oxygens (including phenoxy) is 2. The molecule has 2 aromatic carbocycles. The molecule has 116 valence electrons. The van der Waals surface area contributed by atoms with Gasteiger partial charge in [0.2, 0.25) is 0 Å². The van der Waals surface area contributed by atoms with Crippen LogP contribution in [-0.4, -0.2) is 0 Å². The lowest BCUT2D eigenvalue weighted by Gasteiger charge is -2.02. The summed E-state index contributed by atoms with van der Waals surface area (Å²) in [6.45, 7) is 2.92. The minimum atomic E-state index is 0.719. The van der Waals surface area contributed by atoms with E-state index in [0.29, 0.717) is 0 Å². The zero-order chi connectivity index (χ0) is 15.7. The van der Waals surface area contributed by atoms with Crippen molar-refractivity contribution in [2.75, 3.05) is 11.5 Å². The van der Waals surface area contributed by atoms with Gasteiger partial charge in [-0.05, 0) is 85.6 Å². The Morgan fingerprint density at radius 1 is 0.773 bits per heavy atom. The maximum Gasteiger partial charge on any atom is 0.0736 e. The van der Waals surface area contributed by atoms with Crippen molar-refractivity contribution >= 4 is 56.6 Å². The number of halogens is 2. The first-order valence-electron chi connectivity index (χ1n) is 6.84. The van der Waals surface area contributed by atoms with Crippen LogP contribution in [0.4, 0.5) is 11.4 Å². The summed E-state index contributed by atoms with van der Waals surface area (Å²) in [6.07, 6.45) is 0. The lowest BCUT2D eigenvalue weighted by Crippen LogP contribution is -1.94. The molecule has 0 atom stereocenters. The Morgan fingerprint density at radius 2 is 1.41 bits per heavy atom. The van der Waals surface area contributed by atoms with E-state index in [9.17, 15) is 0 Å². The summed E-state index contributed by atoms with van der Waals surface area (Å²) >= 11 is 4.50. The molecule has 0 saturated carbocycles. The van der Waals surface area contributed by atoms with Gasteiger partial charge in [-0.15, -0.1) is 0 Å². The van der Waals surface area contributed by atoms with E-state index in [1.807, 2.05) is 18.2 Å². The first-order chi connectivity index (χ1) is 10.6. The predicted octanol–water partition coefficient (Wildman–Crippen LogP) is 3.81. The smallest absolute Gasteiger partial charge is 0.0736 e. The number of rotatable bonds is 0. The van der Waals surface area contributed by atoms with E-state index in [4.69, 9.17) is 20.9 Å². The van der Waals surface area contributed by atoms with Gasteiger partial charge in [0.15, 0.2) is 0 Å². The van der Waals surface area contributed by atoms with Crippen LogP contribution in [0, 0.1) is 7.14 Å². The molecule has 2 aliphatic rings. The van der Waals surface area contributed by atoms with Gasteiger partial charge >= 0.3 is 0 Å². The van der Waals surface area contributed by atoms with Gasteiger partial charge in [-0.25, -0.2) is 0 Å². The van der Waals surface area contributed by atoms with E-state index >= 15 is 0 Å². The average Bonchev–Trinajstić information content (AvgIpc) is 3.13. The van der Waals surface area contributed by atoms with E-state index < -0.39 is 0 Å². The van der Waals surface area contributed by atoms with Crippen LogP contribution in [0.3, 0.4) is 0 Å². The highest BCUT2D eigenvalue weighted by Gasteiger charge is 2.15. The molecule has 0 bridgehead atoms. The number of anilines is 2. The van der Waals surface area contributed by atoms with Crippen molar-refractivity contribution in [3.05, 3.63) is 53.7 Å². The molecule has 4 N–H and O–H groups in total. The predicted molar refractivity (Wildman–Crippen MR) is 104 cm³/mol. The minimum Gasteiger partial charge on any atom is -0.398 e. The van der Waals surface area contributed by atoms with Gasteiger partial charge in [-0.1, -0.05) is 6.07 Å². The van der Waals surface area contributed by atoms with Crippen molar-refractivity contribution in [3.8, 4) is 0 Å². The third-order valence-corrected chi connectivity index (χ3v) is 5.92. The Bertz CT molecular complexity index is 691. The average molecular weight is 522 g/mol. The Hall–Kier alpha value is -0.580. The van der Waals surface area contributed by atoms with Crippen molar-refractivity contribution in [1.82, 2.24) is 0 Å². The number of nitrogens with two attached hydrogens (primary N) is 2. The Labute approximate surface area is 156 Å². The van der Waals surface area contributed by atoms with Gasteiger partial charge in [0, 0.05) is 18.5 Å². The number of hydrogen-bond acceptors (Lipinski definition) is 4. The van der Waals surface area contributed by atoms with E-state index in [0.717, 1.165) is 44.9 Å². The summed E-state index contributed by atoms with van der Waals surface area (Å²) in [5.74, 6) is 0. The highest BCUT2D eigenvalue weighted by Crippen LogP contribution is 2.28. The third kappa shape index (κ3) is 3.34. The number of hydrogen-bond donors (Lipinski definition) is 2. The van der Waals surface area contributed by atoms with Crippen LogP contribution in [0.2, 0.25) is 0 Å². The fourth-order valence-electron chi connectivity index (χ4n) is 2.45. The topological polar surface area (TPSA) is 70.5 Å². The molecular weight excluding hydrogens is 506 g/mol. The summed E-state index contributed by atoms with van der Waals surface area (Å²) in [6, 6.07) is 8.08. The molecule has 0 aromatic heterocycles. The van der Waals surface area contributed by atoms with E-state index in [2.05, 4.69) is 51.2 Å². The Balaban J connectivity index is 0.000000131. The maximum absolute atomic E-state index is 5.73. The van der Waals surface area contributed by atoms with E-state index in [1.54, 1.807) is 0 Å². The van der Waals surface area contributed by atoms with Crippen molar-refractivity contribution in [2.24, 2.45) is 0 Å². The molecule has 4 nitrogen and oxygen atoms in total. The zero-order valence-corrected chi connectivity index (χ0v) is 16.2. The number of benzene rings is 2. The van der Waals surface area contributed by atoms with Gasteiger partial charge in [0.05, 0.1) is 26.4 Å². The molecule has 2 heterocycles. The van der Waals surface area contributed by atoms with Crippen LogP contribution >= 0.6 is 45.2 Å². The van der Waals surface area contributed by atoms with E-state index in [1.165, 1.54) is 22.3 Å².